The molecule has 4 aliphatic rings. The summed E-state index contributed by atoms with van der Waals surface area (Å²) in [5, 5.41) is 3.78. The lowest BCUT2D eigenvalue weighted by molar-refractivity contribution is 0.659. The summed E-state index contributed by atoms with van der Waals surface area (Å²) in [6.07, 6.45) is 0. The number of hydrogen-bond acceptors (Lipinski definition) is 1. The minimum atomic E-state index is -0.147. The van der Waals surface area contributed by atoms with Crippen molar-refractivity contribution in [3.63, 3.8) is 0 Å². The Labute approximate surface area is 431 Å². The monoisotopic (exact) mass is 937 g/mol. The largest absolute Gasteiger partial charge is 0.355 e. The molecule has 0 unspecified atom stereocenters. The van der Waals surface area contributed by atoms with E-state index >= 15 is 0 Å². The summed E-state index contributed by atoms with van der Waals surface area (Å²) in [5.74, 6) is 0. The van der Waals surface area contributed by atoms with Crippen molar-refractivity contribution in [2.45, 2.75) is 77.0 Å². The normalized spacial score (nSPS) is 15.8. The highest BCUT2D eigenvalue weighted by Gasteiger charge is 2.40. The highest BCUT2D eigenvalue weighted by atomic mass is 14.9. The Morgan fingerprint density at radius 1 is 0.205 bits per heavy atom. The molecule has 1 heteroatoms. The molecule has 1 nitrogen and oxygen atoms in total. The van der Waals surface area contributed by atoms with E-state index in [-0.39, 0.29) is 21.7 Å². The maximum absolute atomic E-state index is 3.78. The number of nitrogens with one attached hydrogen (secondary N) is 1. The second kappa shape index (κ2) is 15.3. The van der Waals surface area contributed by atoms with Crippen LogP contribution in [0.25, 0.3) is 89.0 Å². The van der Waals surface area contributed by atoms with E-state index in [0.29, 0.717) is 0 Å². The number of fused-ring (bicyclic) bond motifs is 12. The third kappa shape index (κ3) is 6.40. The summed E-state index contributed by atoms with van der Waals surface area (Å²) < 4.78 is 0. The maximum atomic E-state index is 3.78. The van der Waals surface area contributed by atoms with E-state index in [1.165, 1.54) is 134 Å². The van der Waals surface area contributed by atoms with Crippen LogP contribution in [0.3, 0.4) is 0 Å². The third-order valence-electron chi connectivity index (χ3n) is 17.9. The summed E-state index contributed by atoms with van der Waals surface area (Å²) in [6, 6.07) is 78.2. The molecule has 14 rings (SSSR count). The molecule has 352 valence electrons. The Balaban J connectivity index is 0.709. The lowest BCUT2D eigenvalue weighted by atomic mass is 9.80. The fourth-order valence-electron chi connectivity index (χ4n) is 13.7. The summed E-state index contributed by atoms with van der Waals surface area (Å²) in [5.41, 5.74) is 33.8. The van der Waals surface area contributed by atoms with E-state index in [4.69, 9.17) is 0 Å². The summed E-state index contributed by atoms with van der Waals surface area (Å²) in [4.78, 5) is 0. The standard InChI is InChI=1S/C72H59N/c1-69(2)61-21-11-9-19-53(61)55-29-25-47(39-63(55)69)49-27-33-59-57-31-23-45(37-65(57)71(5,6)67(59)41-49)43-15-13-17-51(35-43)73-52-18-14-16-44(36-52)46-24-32-58-60-34-28-50(42-68(60)72(7,8)66(58)38-46)48-26-30-56-54-20-10-12-22-62(54)70(3,4)64(56)40-48/h9-42,73H,1-8H3. The van der Waals surface area contributed by atoms with E-state index in [0.717, 1.165) is 11.4 Å². The van der Waals surface area contributed by atoms with Gasteiger partial charge in [-0.3, -0.25) is 0 Å². The van der Waals surface area contributed by atoms with Crippen LogP contribution in [-0.2, 0) is 21.7 Å². The van der Waals surface area contributed by atoms with Gasteiger partial charge in [0.1, 0.15) is 0 Å². The molecule has 0 bridgehead atoms. The lowest BCUT2D eigenvalue weighted by Gasteiger charge is -2.23. The summed E-state index contributed by atoms with van der Waals surface area (Å²) >= 11 is 0. The van der Waals surface area contributed by atoms with Crippen molar-refractivity contribution >= 4 is 11.4 Å². The molecular weight excluding hydrogens is 879 g/mol. The van der Waals surface area contributed by atoms with Crippen LogP contribution in [0.1, 0.15) is 99.9 Å². The molecule has 0 saturated heterocycles. The smallest absolute Gasteiger partial charge is 0.0390 e. The van der Waals surface area contributed by atoms with Crippen molar-refractivity contribution in [3.05, 3.63) is 251 Å². The van der Waals surface area contributed by atoms with Crippen LogP contribution in [0.4, 0.5) is 11.4 Å². The van der Waals surface area contributed by atoms with E-state index < -0.39 is 0 Å². The predicted octanol–water partition coefficient (Wildman–Crippen LogP) is 19.3. The van der Waals surface area contributed by atoms with E-state index in [1.807, 2.05) is 0 Å². The van der Waals surface area contributed by atoms with E-state index in [1.54, 1.807) is 0 Å². The number of hydrogen-bond donors (Lipinski definition) is 1. The molecule has 0 radical (unpaired) electrons. The van der Waals surface area contributed by atoms with Gasteiger partial charge in [-0.05, 0) is 194 Å². The van der Waals surface area contributed by atoms with E-state index in [9.17, 15) is 0 Å². The summed E-state index contributed by atoms with van der Waals surface area (Å²) in [7, 11) is 0. The maximum Gasteiger partial charge on any atom is 0.0390 e. The molecule has 4 aliphatic carbocycles. The van der Waals surface area contributed by atoms with Crippen molar-refractivity contribution in [1.82, 2.24) is 0 Å². The first kappa shape index (κ1) is 43.8. The predicted molar refractivity (Wildman–Crippen MR) is 308 cm³/mol. The Morgan fingerprint density at radius 2 is 0.438 bits per heavy atom. The second-order valence-electron chi connectivity index (χ2n) is 23.4. The molecule has 10 aromatic rings. The SMILES string of the molecule is CC1(C)c2ccccc2-c2ccc(-c3ccc4c(c3)C(C)(C)c3cc(-c5cccc(Nc6cccc(-c7ccc8c(c7)C(C)(C)c7cc(-c9ccc%10c(c9)C(C)(C)c9ccccc9-%10)ccc7-8)c6)c5)ccc3-4)cc21. The quantitative estimate of drug-likeness (QED) is 0.175. The van der Waals surface area contributed by atoms with Gasteiger partial charge in [0.25, 0.3) is 0 Å². The van der Waals surface area contributed by atoms with Crippen molar-refractivity contribution in [3.8, 4) is 89.0 Å². The highest BCUT2D eigenvalue weighted by Crippen LogP contribution is 2.55. The van der Waals surface area contributed by atoms with Crippen LogP contribution in [0.2, 0.25) is 0 Å². The molecule has 10 aromatic carbocycles. The first-order chi connectivity index (χ1) is 35.2. The molecule has 1 N–H and O–H groups in total. The Hall–Kier alpha value is -8.00. The Bertz CT molecular complexity index is 3740. The molecule has 0 fully saturated rings. The summed E-state index contributed by atoms with van der Waals surface area (Å²) in [6.45, 7) is 19.0. The molecule has 0 aliphatic heterocycles. The van der Waals surface area contributed by atoms with Gasteiger partial charge in [-0.2, -0.15) is 0 Å². The molecule has 0 amide bonds. The van der Waals surface area contributed by atoms with Gasteiger partial charge in [0, 0.05) is 33.0 Å². The van der Waals surface area contributed by atoms with Crippen LogP contribution in [0, 0.1) is 0 Å². The van der Waals surface area contributed by atoms with Gasteiger partial charge in [0.2, 0.25) is 0 Å². The fraction of sp³-hybridized carbons (Fsp3) is 0.167. The zero-order valence-electron chi connectivity index (χ0n) is 43.1. The van der Waals surface area contributed by atoms with E-state index in [2.05, 4.69) is 267 Å². The average molecular weight is 938 g/mol. The number of benzene rings is 10. The van der Waals surface area contributed by atoms with Gasteiger partial charge >= 0.3 is 0 Å². The van der Waals surface area contributed by atoms with Crippen molar-refractivity contribution in [1.29, 1.82) is 0 Å². The number of anilines is 2. The van der Waals surface area contributed by atoms with Crippen LogP contribution in [0.15, 0.2) is 206 Å². The minimum absolute atomic E-state index is 0.0280. The first-order valence-corrected chi connectivity index (χ1v) is 26.2. The molecule has 0 aromatic heterocycles. The number of rotatable bonds is 6. The molecule has 0 spiro atoms. The van der Waals surface area contributed by atoms with Gasteiger partial charge in [0.15, 0.2) is 0 Å². The Kier molecular flexibility index (Phi) is 9.15. The molecule has 0 heterocycles. The zero-order valence-corrected chi connectivity index (χ0v) is 43.1. The topological polar surface area (TPSA) is 12.0 Å². The first-order valence-electron chi connectivity index (χ1n) is 26.2. The Morgan fingerprint density at radius 3 is 0.726 bits per heavy atom. The van der Waals surface area contributed by atoms with Gasteiger partial charge in [0.05, 0.1) is 0 Å². The van der Waals surface area contributed by atoms with Crippen LogP contribution in [0.5, 0.6) is 0 Å². The second-order valence-corrected chi connectivity index (χ2v) is 23.4. The minimum Gasteiger partial charge on any atom is -0.355 e. The zero-order chi connectivity index (χ0) is 49.8. The fourth-order valence-corrected chi connectivity index (χ4v) is 13.7. The molecule has 73 heavy (non-hydrogen) atoms. The van der Waals surface area contributed by atoms with Crippen LogP contribution < -0.4 is 5.32 Å². The molecular formula is C72H59N. The lowest BCUT2D eigenvalue weighted by Crippen LogP contribution is -2.15. The average Bonchev–Trinajstić information content (AvgIpc) is 3.97. The highest BCUT2D eigenvalue weighted by molar-refractivity contribution is 5.90. The van der Waals surface area contributed by atoms with Gasteiger partial charge in [-0.25, -0.2) is 0 Å². The van der Waals surface area contributed by atoms with Crippen LogP contribution >= 0.6 is 0 Å². The third-order valence-corrected chi connectivity index (χ3v) is 17.9. The molecule has 0 atom stereocenters. The van der Waals surface area contributed by atoms with Crippen molar-refractivity contribution in [2.24, 2.45) is 0 Å². The van der Waals surface area contributed by atoms with Crippen molar-refractivity contribution < 1.29 is 0 Å². The molecule has 0 saturated carbocycles. The van der Waals surface area contributed by atoms with Gasteiger partial charge < -0.3 is 5.32 Å². The van der Waals surface area contributed by atoms with Gasteiger partial charge in [-0.15, -0.1) is 0 Å². The van der Waals surface area contributed by atoms with Gasteiger partial charge in [-0.1, -0.05) is 201 Å². The van der Waals surface area contributed by atoms with Crippen LogP contribution in [-0.4, -0.2) is 0 Å². The van der Waals surface area contributed by atoms with Crippen molar-refractivity contribution in [2.75, 3.05) is 5.32 Å².